The molecule has 0 fully saturated rings. The number of amides is 2. The molecular formula is C32H37F4N3O4S. The van der Waals surface area contributed by atoms with Crippen LogP contribution in [0.4, 0.5) is 23.2 Å². The van der Waals surface area contributed by atoms with Crippen molar-refractivity contribution in [2.45, 2.75) is 64.3 Å². The second-order valence-corrected chi connectivity index (χ2v) is 13.5. The van der Waals surface area contributed by atoms with Crippen molar-refractivity contribution in [2.75, 3.05) is 17.1 Å². The van der Waals surface area contributed by atoms with Gasteiger partial charge in [-0.2, -0.15) is 13.2 Å². The van der Waals surface area contributed by atoms with Crippen molar-refractivity contribution in [1.29, 1.82) is 0 Å². The Morgan fingerprint density at radius 2 is 1.52 bits per heavy atom. The van der Waals surface area contributed by atoms with Gasteiger partial charge in [0.1, 0.15) is 11.9 Å². The van der Waals surface area contributed by atoms with Crippen molar-refractivity contribution in [3.63, 3.8) is 0 Å². The van der Waals surface area contributed by atoms with Crippen molar-refractivity contribution in [3.8, 4) is 0 Å². The van der Waals surface area contributed by atoms with Crippen LogP contribution in [0.2, 0.25) is 0 Å². The van der Waals surface area contributed by atoms with Gasteiger partial charge in [0, 0.05) is 31.5 Å². The minimum Gasteiger partial charge on any atom is -0.350 e. The number of carbonyl (C=O) groups is 2. The highest BCUT2D eigenvalue weighted by Crippen LogP contribution is 2.32. The Bertz CT molecular complexity index is 1520. The highest BCUT2D eigenvalue weighted by Gasteiger charge is 2.33. The summed E-state index contributed by atoms with van der Waals surface area (Å²) in [6, 6.07) is 17.6. The fraction of sp³-hybridized carbons (Fsp3) is 0.375. The first kappa shape index (κ1) is 34.6. The molecule has 3 aromatic carbocycles. The van der Waals surface area contributed by atoms with E-state index < -0.39 is 51.0 Å². The van der Waals surface area contributed by atoms with Crippen LogP contribution in [0.3, 0.4) is 0 Å². The Morgan fingerprint density at radius 3 is 2.09 bits per heavy atom. The first-order valence-electron chi connectivity index (χ1n) is 14.0. The highest BCUT2D eigenvalue weighted by atomic mass is 32.2. The number of sulfonamides is 1. The van der Waals surface area contributed by atoms with Gasteiger partial charge in [-0.3, -0.25) is 13.9 Å². The third-order valence-electron chi connectivity index (χ3n) is 6.65. The Labute approximate surface area is 255 Å². The average molecular weight is 636 g/mol. The van der Waals surface area contributed by atoms with Crippen molar-refractivity contribution < 1.29 is 35.6 Å². The van der Waals surface area contributed by atoms with Crippen LogP contribution < -0.4 is 9.62 Å². The summed E-state index contributed by atoms with van der Waals surface area (Å²) in [6.45, 7) is 5.13. The lowest BCUT2D eigenvalue weighted by atomic mass is 10.00. The minimum atomic E-state index is -4.67. The maximum absolute atomic E-state index is 13.8. The van der Waals surface area contributed by atoms with Gasteiger partial charge in [0.25, 0.3) is 0 Å². The molecule has 0 saturated heterocycles. The van der Waals surface area contributed by atoms with E-state index in [1.165, 1.54) is 35.2 Å². The quantitative estimate of drug-likeness (QED) is 0.250. The molecule has 0 aliphatic heterocycles. The predicted octanol–water partition coefficient (Wildman–Crippen LogP) is 5.95. The molecule has 0 aliphatic carbocycles. The zero-order valence-electron chi connectivity index (χ0n) is 25.1. The number of anilines is 1. The summed E-state index contributed by atoms with van der Waals surface area (Å²) in [5.74, 6) is -1.34. The van der Waals surface area contributed by atoms with Crippen LogP contribution >= 0.6 is 0 Å². The second-order valence-electron chi connectivity index (χ2n) is 11.6. The number of nitrogens with one attached hydrogen (secondary N) is 1. The van der Waals surface area contributed by atoms with Gasteiger partial charge >= 0.3 is 6.18 Å². The first-order chi connectivity index (χ1) is 20.4. The van der Waals surface area contributed by atoms with Crippen LogP contribution in [-0.2, 0) is 38.8 Å². The Kier molecular flexibility index (Phi) is 11.2. The molecule has 2 amide bonds. The molecular weight excluding hydrogens is 598 g/mol. The molecule has 0 saturated carbocycles. The summed E-state index contributed by atoms with van der Waals surface area (Å²) >= 11 is 0. The summed E-state index contributed by atoms with van der Waals surface area (Å²) in [6.07, 6.45) is -3.86. The summed E-state index contributed by atoms with van der Waals surface area (Å²) in [5.41, 5.74) is -0.421. The molecule has 0 radical (unpaired) electrons. The summed E-state index contributed by atoms with van der Waals surface area (Å²) in [7, 11) is -4.00. The predicted molar refractivity (Wildman–Crippen MR) is 162 cm³/mol. The molecule has 44 heavy (non-hydrogen) atoms. The van der Waals surface area contributed by atoms with E-state index in [-0.39, 0.29) is 38.0 Å². The standard InChI is InChI=1S/C32H37F4N3O4S/c1-31(2,3)37-30(41)28(20-23-10-6-5-7-11-23)38(22-24-15-17-26(33)18-16-24)29(40)14-9-19-39(44(4,42)43)27-13-8-12-25(21-27)32(34,35)36/h5-8,10-13,15-18,21,28H,9,14,19-20,22H2,1-4H3,(H,37,41). The third kappa shape index (κ3) is 10.4. The van der Waals surface area contributed by atoms with Crippen LogP contribution in [-0.4, -0.2) is 49.5 Å². The maximum Gasteiger partial charge on any atom is 0.416 e. The maximum atomic E-state index is 13.8. The molecule has 0 aliphatic rings. The fourth-order valence-electron chi connectivity index (χ4n) is 4.63. The molecule has 12 heteroatoms. The van der Waals surface area contributed by atoms with Gasteiger partial charge in [-0.15, -0.1) is 0 Å². The van der Waals surface area contributed by atoms with Crippen molar-refractivity contribution in [1.82, 2.24) is 10.2 Å². The van der Waals surface area contributed by atoms with Gasteiger partial charge in [-0.05, 0) is 68.7 Å². The SMILES string of the molecule is CC(C)(C)NC(=O)C(Cc1ccccc1)N(Cc1ccc(F)cc1)C(=O)CCCN(c1cccc(C(F)(F)F)c1)S(C)(=O)=O. The Balaban J connectivity index is 1.91. The van der Waals surface area contributed by atoms with E-state index in [0.29, 0.717) is 5.56 Å². The number of rotatable bonds is 12. The van der Waals surface area contributed by atoms with Gasteiger partial charge in [0.05, 0.1) is 17.5 Å². The minimum absolute atomic E-state index is 0.0302. The lowest BCUT2D eigenvalue weighted by Crippen LogP contribution is -2.54. The molecule has 1 unspecified atom stereocenters. The van der Waals surface area contributed by atoms with Gasteiger partial charge in [0.2, 0.25) is 21.8 Å². The Hall–Kier alpha value is -3.93. The lowest BCUT2D eigenvalue weighted by Gasteiger charge is -2.34. The number of alkyl halides is 3. The monoisotopic (exact) mass is 635 g/mol. The molecule has 0 bridgehead atoms. The van der Waals surface area contributed by atoms with Crippen LogP contribution in [0.15, 0.2) is 78.9 Å². The topological polar surface area (TPSA) is 86.8 Å². The smallest absolute Gasteiger partial charge is 0.350 e. The third-order valence-corrected chi connectivity index (χ3v) is 7.84. The van der Waals surface area contributed by atoms with E-state index in [1.54, 1.807) is 0 Å². The molecule has 1 N–H and O–H groups in total. The van der Waals surface area contributed by atoms with E-state index in [2.05, 4.69) is 5.32 Å². The first-order valence-corrected chi connectivity index (χ1v) is 15.8. The van der Waals surface area contributed by atoms with Crippen LogP contribution in [0.5, 0.6) is 0 Å². The van der Waals surface area contributed by atoms with E-state index in [9.17, 15) is 35.6 Å². The molecule has 3 rings (SSSR count). The normalized spacial score (nSPS) is 12.8. The number of hydrogen-bond donors (Lipinski definition) is 1. The molecule has 7 nitrogen and oxygen atoms in total. The second kappa shape index (κ2) is 14.2. The summed E-state index contributed by atoms with van der Waals surface area (Å²) in [5, 5.41) is 2.93. The zero-order valence-corrected chi connectivity index (χ0v) is 25.9. The van der Waals surface area contributed by atoms with E-state index >= 15 is 0 Å². The number of halogens is 4. The van der Waals surface area contributed by atoms with Gasteiger partial charge in [0.15, 0.2) is 0 Å². The van der Waals surface area contributed by atoms with Crippen molar-refractivity contribution in [3.05, 3.63) is 101 Å². The van der Waals surface area contributed by atoms with Gasteiger partial charge < -0.3 is 10.2 Å². The molecule has 0 heterocycles. The number of nitrogens with zero attached hydrogens (tertiary/aromatic N) is 2. The highest BCUT2D eigenvalue weighted by molar-refractivity contribution is 7.92. The van der Waals surface area contributed by atoms with E-state index in [1.807, 2.05) is 51.1 Å². The van der Waals surface area contributed by atoms with Crippen molar-refractivity contribution >= 4 is 27.5 Å². The molecule has 1 atom stereocenters. The van der Waals surface area contributed by atoms with E-state index in [0.717, 1.165) is 34.3 Å². The fourth-order valence-corrected chi connectivity index (χ4v) is 5.59. The summed E-state index contributed by atoms with van der Waals surface area (Å²) in [4.78, 5) is 28.8. The van der Waals surface area contributed by atoms with E-state index in [4.69, 9.17) is 0 Å². The average Bonchev–Trinajstić information content (AvgIpc) is 2.92. The summed E-state index contributed by atoms with van der Waals surface area (Å²) < 4.78 is 79.5. The van der Waals surface area contributed by atoms with Crippen molar-refractivity contribution in [2.24, 2.45) is 0 Å². The van der Waals surface area contributed by atoms with Gasteiger partial charge in [-0.25, -0.2) is 12.8 Å². The molecule has 0 spiro atoms. The largest absolute Gasteiger partial charge is 0.416 e. The number of carbonyl (C=O) groups excluding carboxylic acids is 2. The molecule has 3 aromatic rings. The molecule has 0 aromatic heterocycles. The van der Waals surface area contributed by atoms with Gasteiger partial charge in [-0.1, -0.05) is 48.5 Å². The number of hydrogen-bond acceptors (Lipinski definition) is 4. The zero-order chi connectivity index (χ0) is 32.7. The number of benzene rings is 3. The van der Waals surface area contributed by atoms with Crippen LogP contribution in [0.1, 0.15) is 50.3 Å². The van der Waals surface area contributed by atoms with Crippen LogP contribution in [0, 0.1) is 5.82 Å². The molecule has 238 valence electrons. The lowest BCUT2D eigenvalue weighted by molar-refractivity contribution is -0.142. The van der Waals surface area contributed by atoms with Crippen LogP contribution in [0.25, 0.3) is 0 Å². The Morgan fingerprint density at radius 1 is 0.886 bits per heavy atom.